The van der Waals surface area contributed by atoms with Crippen molar-refractivity contribution in [3.05, 3.63) is 11.8 Å². The molecule has 4 heteroatoms. The number of amides is 1. The van der Waals surface area contributed by atoms with Gasteiger partial charge in [0, 0.05) is 11.5 Å². The maximum Gasteiger partial charge on any atom is 0.229 e. The van der Waals surface area contributed by atoms with E-state index in [9.17, 15) is 4.79 Å². The van der Waals surface area contributed by atoms with Crippen molar-refractivity contribution in [2.75, 3.05) is 5.32 Å². The highest BCUT2D eigenvalue weighted by Crippen LogP contribution is 2.38. The quantitative estimate of drug-likeness (QED) is 0.751. The van der Waals surface area contributed by atoms with Gasteiger partial charge in [-0.2, -0.15) is 0 Å². The molecule has 0 spiro atoms. The molecule has 4 nitrogen and oxygen atoms in total. The van der Waals surface area contributed by atoms with Crippen LogP contribution in [0.3, 0.4) is 0 Å². The van der Waals surface area contributed by atoms with Crippen molar-refractivity contribution in [3.8, 4) is 0 Å². The zero-order valence-corrected chi connectivity index (χ0v) is 7.70. The molecule has 13 heavy (non-hydrogen) atoms. The zero-order valence-electron chi connectivity index (χ0n) is 7.70. The molecule has 0 aromatic carbocycles. The smallest absolute Gasteiger partial charge is 0.229 e. The number of nitrogens with one attached hydrogen (secondary N) is 1. The molecular weight excluding hydrogens is 168 g/mol. The molecule has 2 unspecified atom stereocenters. The Labute approximate surface area is 76.3 Å². The van der Waals surface area contributed by atoms with Crippen molar-refractivity contribution in [3.63, 3.8) is 0 Å². The molecule has 1 heterocycles. The number of carbonyl (C=O) groups is 1. The largest absolute Gasteiger partial charge is 0.362 e. The molecule has 2 atom stereocenters. The molecule has 1 aromatic rings. The van der Waals surface area contributed by atoms with Gasteiger partial charge in [0.1, 0.15) is 6.26 Å². The molecule has 1 aliphatic rings. The molecule has 1 aromatic heterocycles. The van der Waals surface area contributed by atoms with Crippen LogP contribution in [0.5, 0.6) is 0 Å². The summed E-state index contributed by atoms with van der Waals surface area (Å²) < 4.78 is 4.71. The molecular formula is C9H12N2O2. The average Bonchev–Trinajstić information content (AvgIpc) is 2.68. The maximum atomic E-state index is 11.4. The van der Waals surface area contributed by atoms with Crippen molar-refractivity contribution in [1.29, 1.82) is 0 Å². The first-order valence-corrected chi connectivity index (χ1v) is 4.40. The van der Waals surface area contributed by atoms with Crippen LogP contribution in [0.25, 0.3) is 0 Å². The van der Waals surface area contributed by atoms with Gasteiger partial charge in [-0.3, -0.25) is 4.79 Å². The summed E-state index contributed by atoms with van der Waals surface area (Å²) in [7, 11) is 0. The van der Waals surface area contributed by atoms with Crippen molar-refractivity contribution >= 4 is 11.7 Å². The molecule has 1 saturated carbocycles. The highest BCUT2D eigenvalue weighted by Gasteiger charge is 2.39. The molecule has 70 valence electrons. The molecule has 0 bridgehead atoms. The summed E-state index contributed by atoms with van der Waals surface area (Å²) in [6.07, 6.45) is 2.51. The molecule has 0 radical (unpaired) electrons. The lowest BCUT2D eigenvalue weighted by Crippen LogP contribution is -2.15. The summed E-state index contributed by atoms with van der Waals surface area (Å²) in [6, 6.07) is 0. The van der Waals surface area contributed by atoms with Gasteiger partial charge in [-0.15, -0.1) is 0 Å². The first kappa shape index (κ1) is 8.29. The monoisotopic (exact) mass is 180 g/mol. The standard InChI is InChI=1S/C9H12N2O2/c1-5-3-7(5)9(12)10-8-6(2)4-13-11-8/h4-5,7H,3H2,1-2H3,(H,10,11,12). The Morgan fingerprint density at radius 3 is 2.92 bits per heavy atom. The van der Waals surface area contributed by atoms with Crippen molar-refractivity contribution in [1.82, 2.24) is 5.16 Å². The average molecular weight is 180 g/mol. The van der Waals surface area contributed by atoms with Crippen LogP contribution in [0.1, 0.15) is 18.9 Å². The summed E-state index contributed by atoms with van der Waals surface area (Å²) in [5.74, 6) is 1.30. The summed E-state index contributed by atoms with van der Waals surface area (Å²) >= 11 is 0. The predicted octanol–water partition coefficient (Wildman–Crippen LogP) is 1.58. The minimum atomic E-state index is 0.0597. The minimum absolute atomic E-state index is 0.0597. The maximum absolute atomic E-state index is 11.4. The van der Waals surface area contributed by atoms with Crippen molar-refractivity contribution in [2.45, 2.75) is 20.3 Å². The Hall–Kier alpha value is -1.32. The Balaban J connectivity index is 1.99. The van der Waals surface area contributed by atoms with Gasteiger partial charge >= 0.3 is 0 Å². The van der Waals surface area contributed by atoms with Crippen molar-refractivity contribution in [2.24, 2.45) is 11.8 Å². The lowest BCUT2D eigenvalue weighted by Gasteiger charge is -1.99. The molecule has 0 aliphatic heterocycles. The van der Waals surface area contributed by atoms with E-state index < -0.39 is 0 Å². The fraction of sp³-hybridized carbons (Fsp3) is 0.556. The fourth-order valence-corrected chi connectivity index (χ4v) is 1.30. The summed E-state index contributed by atoms with van der Waals surface area (Å²) in [6.45, 7) is 3.92. The van der Waals surface area contributed by atoms with Crippen LogP contribution in [0.15, 0.2) is 10.8 Å². The van der Waals surface area contributed by atoms with E-state index in [2.05, 4.69) is 17.4 Å². The first-order chi connectivity index (χ1) is 6.18. The molecule has 1 amide bonds. The van der Waals surface area contributed by atoms with Crippen LogP contribution >= 0.6 is 0 Å². The van der Waals surface area contributed by atoms with Gasteiger partial charge in [-0.05, 0) is 19.3 Å². The number of carbonyl (C=O) groups excluding carboxylic acids is 1. The van der Waals surface area contributed by atoms with E-state index >= 15 is 0 Å². The van der Waals surface area contributed by atoms with Gasteiger partial charge in [-0.25, -0.2) is 0 Å². The molecule has 1 aliphatic carbocycles. The second-order valence-electron chi connectivity index (χ2n) is 3.65. The van der Waals surface area contributed by atoms with E-state index in [0.717, 1.165) is 12.0 Å². The van der Waals surface area contributed by atoms with Crippen LogP contribution in [0, 0.1) is 18.8 Å². The summed E-state index contributed by atoms with van der Waals surface area (Å²) in [5, 5.41) is 6.42. The number of anilines is 1. The summed E-state index contributed by atoms with van der Waals surface area (Å²) in [4.78, 5) is 11.4. The highest BCUT2D eigenvalue weighted by molar-refractivity contribution is 5.93. The van der Waals surface area contributed by atoms with Crippen LogP contribution in [-0.2, 0) is 4.79 Å². The second-order valence-corrected chi connectivity index (χ2v) is 3.65. The van der Waals surface area contributed by atoms with E-state index in [1.165, 1.54) is 6.26 Å². The van der Waals surface area contributed by atoms with Gasteiger partial charge in [-0.1, -0.05) is 12.1 Å². The SMILES string of the molecule is Cc1conc1NC(=O)C1CC1C. The first-order valence-electron chi connectivity index (χ1n) is 4.40. The topological polar surface area (TPSA) is 55.1 Å². The number of hydrogen-bond donors (Lipinski definition) is 1. The van der Waals surface area contributed by atoms with E-state index in [1.54, 1.807) is 0 Å². The van der Waals surface area contributed by atoms with Crippen LogP contribution in [0.2, 0.25) is 0 Å². The summed E-state index contributed by atoms with van der Waals surface area (Å²) in [5.41, 5.74) is 0.863. The number of rotatable bonds is 2. The van der Waals surface area contributed by atoms with Crippen LogP contribution in [-0.4, -0.2) is 11.1 Å². The van der Waals surface area contributed by atoms with E-state index in [1.807, 2.05) is 6.92 Å². The van der Waals surface area contributed by atoms with Gasteiger partial charge in [0.25, 0.3) is 0 Å². The van der Waals surface area contributed by atoms with Crippen molar-refractivity contribution < 1.29 is 9.32 Å². The third-order valence-corrected chi connectivity index (χ3v) is 2.43. The molecule has 1 N–H and O–H groups in total. The minimum Gasteiger partial charge on any atom is -0.362 e. The van der Waals surface area contributed by atoms with Gasteiger partial charge in [0.05, 0.1) is 0 Å². The Morgan fingerprint density at radius 2 is 2.46 bits per heavy atom. The molecule has 1 fully saturated rings. The van der Waals surface area contributed by atoms with E-state index in [0.29, 0.717) is 11.7 Å². The van der Waals surface area contributed by atoms with E-state index in [4.69, 9.17) is 4.52 Å². The van der Waals surface area contributed by atoms with Crippen LogP contribution in [0.4, 0.5) is 5.82 Å². The molecule has 2 rings (SSSR count). The normalized spacial score (nSPS) is 25.7. The number of aromatic nitrogens is 1. The number of nitrogens with zero attached hydrogens (tertiary/aromatic N) is 1. The zero-order chi connectivity index (χ0) is 9.42. The van der Waals surface area contributed by atoms with Gasteiger partial charge < -0.3 is 9.84 Å². The number of aryl methyl sites for hydroxylation is 1. The lowest BCUT2D eigenvalue weighted by molar-refractivity contribution is -0.117. The van der Waals surface area contributed by atoms with Crippen LogP contribution < -0.4 is 5.32 Å². The predicted molar refractivity (Wildman–Crippen MR) is 47.1 cm³/mol. The Kier molecular flexibility index (Phi) is 1.83. The number of hydrogen-bond acceptors (Lipinski definition) is 3. The third-order valence-electron chi connectivity index (χ3n) is 2.43. The highest BCUT2D eigenvalue weighted by atomic mass is 16.5. The van der Waals surface area contributed by atoms with Gasteiger partial charge in [0.15, 0.2) is 5.82 Å². The Bertz CT molecular complexity index is 332. The van der Waals surface area contributed by atoms with E-state index in [-0.39, 0.29) is 11.8 Å². The van der Waals surface area contributed by atoms with Gasteiger partial charge in [0.2, 0.25) is 5.91 Å². The second kappa shape index (κ2) is 2.87. The Morgan fingerprint density at radius 1 is 1.77 bits per heavy atom. The third kappa shape index (κ3) is 1.56. The fourth-order valence-electron chi connectivity index (χ4n) is 1.30. The molecule has 0 saturated heterocycles. The lowest BCUT2D eigenvalue weighted by atomic mass is 10.3.